The molecule has 0 unspecified atom stereocenters. The van der Waals surface area contributed by atoms with Crippen LogP contribution in [0.25, 0.3) is 0 Å². The molecule has 9 heteroatoms. The first-order chi connectivity index (χ1) is 9.43. The molecular formula is C11H17N5O3S. The number of nitrogens with zero attached hydrogens (tertiary/aromatic N) is 4. The Balaban J connectivity index is 2.20. The van der Waals surface area contributed by atoms with Crippen LogP contribution in [0.2, 0.25) is 0 Å². The van der Waals surface area contributed by atoms with Crippen LogP contribution in [0.3, 0.4) is 0 Å². The van der Waals surface area contributed by atoms with E-state index < -0.39 is 10.0 Å². The van der Waals surface area contributed by atoms with Crippen molar-refractivity contribution in [2.45, 2.75) is 0 Å². The van der Waals surface area contributed by atoms with Gasteiger partial charge in [-0.1, -0.05) is 5.16 Å². The summed E-state index contributed by atoms with van der Waals surface area (Å²) >= 11 is 0. The lowest BCUT2D eigenvalue weighted by Gasteiger charge is -2.34. The maximum atomic E-state index is 11.5. The molecule has 1 fully saturated rings. The van der Waals surface area contributed by atoms with Crippen LogP contribution < -0.4 is 10.6 Å². The SMILES string of the molecule is CS(=O)(=O)N1CCN(c2ncccc2C(N)=NO)CC1. The Morgan fingerprint density at radius 1 is 1.40 bits per heavy atom. The highest BCUT2D eigenvalue weighted by atomic mass is 32.2. The number of aromatic nitrogens is 1. The van der Waals surface area contributed by atoms with E-state index in [0.29, 0.717) is 37.6 Å². The van der Waals surface area contributed by atoms with E-state index in [0.717, 1.165) is 0 Å². The van der Waals surface area contributed by atoms with E-state index in [9.17, 15) is 8.42 Å². The smallest absolute Gasteiger partial charge is 0.211 e. The van der Waals surface area contributed by atoms with Gasteiger partial charge in [-0.25, -0.2) is 13.4 Å². The molecule has 1 aromatic rings. The molecule has 1 aliphatic rings. The minimum absolute atomic E-state index is 0.0151. The van der Waals surface area contributed by atoms with Crippen molar-refractivity contribution in [3.05, 3.63) is 23.9 Å². The Hall–Kier alpha value is -1.87. The third-order valence-electron chi connectivity index (χ3n) is 3.18. The van der Waals surface area contributed by atoms with Crippen LogP contribution >= 0.6 is 0 Å². The second kappa shape index (κ2) is 5.63. The summed E-state index contributed by atoms with van der Waals surface area (Å²) in [5.74, 6) is 0.578. The van der Waals surface area contributed by atoms with Crippen LogP contribution in [-0.4, -0.2) is 61.2 Å². The van der Waals surface area contributed by atoms with Gasteiger partial charge in [0.05, 0.1) is 11.8 Å². The highest BCUT2D eigenvalue weighted by Gasteiger charge is 2.25. The number of sulfonamides is 1. The van der Waals surface area contributed by atoms with Gasteiger partial charge in [0.25, 0.3) is 0 Å². The summed E-state index contributed by atoms with van der Waals surface area (Å²) < 4.78 is 24.4. The quantitative estimate of drug-likeness (QED) is 0.329. The predicted octanol–water partition coefficient (Wildman–Crippen LogP) is -0.742. The Kier molecular flexibility index (Phi) is 4.09. The molecule has 0 aliphatic carbocycles. The van der Waals surface area contributed by atoms with Crippen molar-refractivity contribution in [1.82, 2.24) is 9.29 Å². The first-order valence-corrected chi connectivity index (χ1v) is 7.91. The fraction of sp³-hybridized carbons (Fsp3) is 0.455. The molecule has 0 aromatic carbocycles. The first-order valence-electron chi connectivity index (χ1n) is 6.06. The number of amidine groups is 1. The van der Waals surface area contributed by atoms with Crippen LogP contribution in [0.15, 0.2) is 23.5 Å². The van der Waals surface area contributed by atoms with E-state index in [1.165, 1.54) is 10.6 Å². The van der Waals surface area contributed by atoms with E-state index in [2.05, 4.69) is 10.1 Å². The first kappa shape index (κ1) is 14.5. The molecule has 0 atom stereocenters. The van der Waals surface area contributed by atoms with Gasteiger partial charge in [-0.15, -0.1) is 0 Å². The van der Waals surface area contributed by atoms with Crippen LogP contribution in [0.4, 0.5) is 5.82 Å². The van der Waals surface area contributed by atoms with Crippen molar-refractivity contribution < 1.29 is 13.6 Å². The summed E-state index contributed by atoms with van der Waals surface area (Å²) in [6.07, 6.45) is 2.82. The summed E-state index contributed by atoms with van der Waals surface area (Å²) in [5.41, 5.74) is 6.16. The van der Waals surface area contributed by atoms with Crippen molar-refractivity contribution in [2.24, 2.45) is 10.9 Å². The van der Waals surface area contributed by atoms with E-state index in [4.69, 9.17) is 10.9 Å². The fourth-order valence-corrected chi connectivity index (χ4v) is 2.96. The topological polar surface area (TPSA) is 112 Å². The Labute approximate surface area is 117 Å². The molecule has 2 heterocycles. The molecule has 1 aliphatic heterocycles. The molecule has 0 bridgehead atoms. The van der Waals surface area contributed by atoms with E-state index >= 15 is 0 Å². The van der Waals surface area contributed by atoms with Gasteiger partial charge >= 0.3 is 0 Å². The number of anilines is 1. The van der Waals surface area contributed by atoms with Gasteiger partial charge in [0.2, 0.25) is 10.0 Å². The zero-order valence-corrected chi connectivity index (χ0v) is 11.9. The van der Waals surface area contributed by atoms with E-state index in [1.54, 1.807) is 18.3 Å². The van der Waals surface area contributed by atoms with Gasteiger partial charge in [-0.3, -0.25) is 0 Å². The third-order valence-corrected chi connectivity index (χ3v) is 4.48. The summed E-state index contributed by atoms with van der Waals surface area (Å²) in [4.78, 5) is 6.17. The van der Waals surface area contributed by atoms with Gasteiger partial charge < -0.3 is 15.8 Å². The molecule has 8 nitrogen and oxygen atoms in total. The van der Waals surface area contributed by atoms with Crippen molar-refractivity contribution in [3.63, 3.8) is 0 Å². The van der Waals surface area contributed by atoms with Gasteiger partial charge in [-0.05, 0) is 12.1 Å². The molecule has 110 valence electrons. The normalized spacial score (nSPS) is 18.2. The van der Waals surface area contributed by atoms with E-state index in [1.807, 2.05) is 4.90 Å². The standard InChI is InChI=1S/C11H17N5O3S/c1-20(18,19)16-7-5-15(6-8-16)11-9(10(12)14-17)3-2-4-13-11/h2-4,17H,5-8H2,1H3,(H2,12,14). The lowest BCUT2D eigenvalue weighted by molar-refractivity contribution is 0.318. The predicted molar refractivity (Wildman–Crippen MR) is 75.4 cm³/mol. The van der Waals surface area contributed by atoms with Gasteiger partial charge in [0.1, 0.15) is 5.82 Å². The molecule has 2 rings (SSSR count). The molecule has 1 aromatic heterocycles. The van der Waals surface area contributed by atoms with Gasteiger partial charge in [0.15, 0.2) is 5.84 Å². The number of oxime groups is 1. The number of piperazine rings is 1. The van der Waals surface area contributed by atoms with Crippen molar-refractivity contribution in [2.75, 3.05) is 37.3 Å². The van der Waals surface area contributed by atoms with Crippen LogP contribution in [-0.2, 0) is 10.0 Å². The van der Waals surface area contributed by atoms with Gasteiger partial charge in [-0.2, -0.15) is 4.31 Å². The zero-order chi connectivity index (χ0) is 14.8. The monoisotopic (exact) mass is 299 g/mol. The lowest BCUT2D eigenvalue weighted by Crippen LogP contribution is -2.49. The van der Waals surface area contributed by atoms with Gasteiger partial charge in [0, 0.05) is 32.4 Å². The van der Waals surface area contributed by atoms with Crippen LogP contribution in [0.5, 0.6) is 0 Å². The maximum absolute atomic E-state index is 11.5. The number of nitrogens with two attached hydrogens (primary N) is 1. The number of pyridine rings is 1. The van der Waals surface area contributed by atoms with Crippen molar-refractivity contribution in [3.8, 4) is 0 Å². The minimum Gasteiger partial charge on any atom is -0.409 e. The molecule has 0 amide bonds. The molecule has 0 spiro atoms. The zero-order valence-electron chi connectivity index (χ0n) is 11.1. The number of rotatable bonds is 3. The molecule has 0 radical (unpaired) electrons. The second-order valence-corrected chi connectivity index (χ2v) is 6.49. The Bertz CT molecular complexity index is 608. The summed E-state index contributed by atoms with van der Waals surface area (Å²) in [6.45, 7) is 1.81. The Morgan fingerprint density at radius 3 is 2.60 bits per heavy atom. The number of hydrogen-bond acceptors (Lipinski definition) is 6. The average molecular weight is 299 g/mol. The summed E-state index contributed by atoms with van der Waals surface area (Å²) in [7, 11) is -3.16. The molecule has 20 heavy (non-hydrogen) atoms. The van der Waals surface area contributed by atoms with Crippen LogP contribution in [0, 0.1) is 0 Å². The number of hydrogen-bond donors (Lipinski definition) is 2. The fourth-order valence-electron chi connectivity index (χ4n) is 2.13. The van der Waals surface area contributed by atoms with Crippen LogP contribution in [0.1, 0.15) is 5.56 Å². The maximum Gasteiger partial charge on any atom is 0.211 e. The highest BCUT2D eigenvalue weighted by Crippen LogP contribution is 2.19. The lowest BCUT2D eigenvalue weighted by atomic mass is 10.2. The Morgan fingerprint density at radius 2 is 2.05 bits per heavy atom. The minimum atomic E-state index is -3.16. The summed E-state index contributed by atoms with van der Waals surface area (Å²) in [6, 6.07) is 3.41. The third kappa shape index (κ3) is 2.99. The van der Waals surface area contributed by atoms with Crippen molar-refractivity contribution >= 4 is 21.7 Å². The van der Waals surface area contributed by atoms with Crippen molar-refractivity contribution in [1.29, 1.82) is 0 Å². The average Bonchev–Trinajstić information content (AvgIpc) is 2.45. The molecule has 0 saturated carbocycles. The highest BCUT2D eigenvalue weighted by molar-refractivity contribution is 7.88. The second-order valence-electron chi connectivity index (χ2n) is 4.51. The molecular weight excluding hydrogens is 282 g/mol. The largest absolute Gasteiger partial charge is 0.409 e. The molecule has 1 saturated heterocycles. The molecule has 3 N–H and O–H groups in total. The van der Waals surface area contributed by atoms with E-state index in [-0.39, 0.29) is 5.84 Å². The summed E-state index contributed by atoms with van der Waals surface area (Å²) in [5, 5.41) is 11.8.